The van der Waals surface area contributed by atoms with Crippen molar-refractivity contribution in [1.82, 2.24) is 15.8 Å². The molecule has 1 fully saturated rings. The first kappa shape index (κ1) is 17.7. The molecule has 1 rings (SSSR count). The van der Waals surface area contributed by atoms with Crippen molar-refractivity contribution in [2.75, 3.05) is 32.8 Å². The smallest absolute Gasteiger partial charge is 0.181 e. The molecule has 1 aliphatic rings. The van der Waals surface area contributed by atoms with E-state index in [-0.39, 0.29) is 0 Å². The number of unbranched alkanes of at least 4 members (excludes halogenated alkanes) is 7. The molecule has 1 aliphatic heterocycles. The Hall–Kier alpha value is -0.390. The van der Waals surface area contributed by atoms with E-state index in [9.17, 15) is 0 Å². The Bertz CT molecular complexity index is 245. The second-order valence-corrected chi connectivity index (χ2v) is 5.85. The zero-order chi connectivity index (χ0) is 14.5. The molecule has 1 saturated heterocycles. The minimum Gasteiger partial charge on any atom is -0.379 e. The summed E-state index contributed by atoms with van der Waals surface area (Å²) in [6.07, 6.45) is 10.8. The van der Waals surface area contributed by atoms with E-state index in [1.807, 2.05) is 0 Å². The van der Waals surface area contributed by atoms with Gasteiger partial charge in [0.2, 0.25) is 0 Å². The number of thiocarbonyl (C=S) groups is 1. The summed E-state index contributed by atoms with van der Waals surface area (Å²) < 4.78 is 5.30. The topological polar surface area (TPSA) is 36.5 Å². The summed E-state index contributed by atoms with van der Waals surface area (Å²) in [4.78, 5) is 0. The summed E-state index contributed by atoms with van der Waals surface area (Å²) in [7, 11) is 0. The highest BCUT2D eigenvalue weighted by Crippen LogP contribution is 2.07. The fourth-order valence-electron chi connectivity index (χ4n) is 2.32. The summed E-state index contributed by atoms with van der Waals surface area (Å²) in [5, 5.41) is 6.14. The molecule has 0 aromatic carbocycles. The van der Waals surface area contributed by atoms with Gasteiger partial charge in [0.05, 0.1) is 13.2 Å². The van der Waals surface area contributed by atoms with E-state index in [0.717, 1.165) is 38.0 Å². The summed E-state index contributed by atoms with van der Waals surface area (Å²) >= 11 is 5.28. The predicted octanol–water partition coefficient (Wildman–Crippen LogP) is 2.84. The van der Waals surface area contributed by atoms with Crippen molar-refractivity contribution in [3.05, 3.63) is 0 Å². The van der Waals surface area contributed by atoms with Crippen LogP contribution in [-0.2, 0) is 4.74 Å². The van der Waals surface area contributed by atoms with Crippen molar-refractivity contribution < 1.29 is 4.74 Å². The number of hydrazine groups is 1. The maximum absolute atomic E-state index is 5.30. The minimum absolute atomic E-state index is 0.745. The third-order valence-corrected chi connectivity index (χ3v) is 3.82. The van der Waals surface area contributed by atoms with Crippen LogP contribution in [0.3, 0.4) is 0 Å². The number of morpholine rings is 1. The second kappa shape index (κ2) is 12.4. The molecule has 0 aromatic heterocycles. The van der Waals surface area contributed by atoms with Crippen LogP contribution >= 0.6 is 12.2 Å². The Morgan fingerprint density at radius 2 is 1.60 bits per heavy atom. The fraction of sp³-hybridized carbons (Fsp3) is 0.933. The standard InChI is InChI=1S/C15H31N3OS/c1-2-3-4-5-6-7-8-9-10-16-15(20)17-18-11-13-19-14-12-18/h2-14H2,1H3,(H2,16,17,20). The summed E-state index contributed by atoms with van der Waals surface area (Å²) in [6, 6.07) is 0. The van der Waals surface area contributed by atoms with Crippen LogP contribution in [-0.4, -0.2) is 43.0 Å². The molecule has 0 atom stereocenters. The average molecular weight is 302 g/mol. The Kier molecular flexibility index (Phi) is 10.9. The number of nitrogens with one attached hydrogen (secondary N) is 2. The van der Waals surface area contributed by atoms with E-state index < -0.39 is 0 Å². The molecule has 1 heterocycles. The lowest BCUT2D eigenvalue weighted by molar-refractivity contribution is 0.0247. The van der Waals surface area contributed by atoms with Gasteiger partial charge in [0.15, 0.2) is 5.11 Å². The first-order valence-corrected chi connectivity index (χ1v) is 8.61. The molecule has 0 unspecified atom stereocenters. The molecule has 2 N–H and O–H groups in total. The molecular formula is C15H31N3OS. The van der Waals surface area contributed by atoms with Crippen molar-refractivity contribution in [3.63, 3.8) is 0 Å². The molecule has 0 saturated carbocycles. The van der Waals surface area contributed by atoms with Gasteiger partial charge in [0.25, 0.3) is 0 Å². The Balaban J connectivity index is 1.84. The summed E-state index contributed by atoms with van der Waals surface area (Å²) in [6.45, 7) is 6.62. The maximum atomic E-state index is 5.30. The predicted molar refractivity (Wildman–Crippen MR) is 88.7 cm³/mol. The van der Waals surface area contributed by atoms with Crippen molar-refractivity contribution in [2.24, 2.45) is 0 Å². The average Bonchev–Trinajstić information content (AvgIpc) is 2.46. The van der Waals surface area contributed by atoms with Crippen LogP contribution in [0.25, 0.3) is 0 Å². The molecule has 20 heavy (non-hydrogen) atoms. The zero-order valence-corrected chi connectivity index (χ0v) is 13.8. The van der Waals surface area contributed by atoms with Gasteiger partial charge < -0.3 is 10.1 Å². The van der Waals surface area contributed by atoms with Crippen LogP contribution in [0.4, 0.5) is 0 Å². The van der Waals surface area contributed by atoms with Crippen LogP contribution in [0, 0.1) is 0 Å². The van der Waals surface area contributed by atoms with E-state index in [4.69, 9.17) is 17.0 Å². The number of nitrogens with zero attached hydrogens (tertiary/aromatic N) is 1. The van der Waals surface area contributed by atoms with Gasteiger partial charge >= 0.3 is 0 Å². The third kappa shape index (κ3) is 9.50. The van der Waals surface area contributed by atoms with Gasteiger partial charge in [0, 0.05) is 19.6 Å². The quantitative estimate of drug-likeness (QED) is 0.479. The van der Waals surface area contributed by atoms with E-state index in [0.29, 0.717) is 0 Å². The number of ether oxygens (including phenoxy) is 1. The number of rotatable bonds is 10. The molecule has 0 spiro atoms. The summed E-state index contributed by atoms with van der Waals surface area (Å²) in [5.41, 5.74) is 3.22. The van der Waals surface area contributed by atoms with Gasteiger partial charge in [-0.1, -0.05) is 51.9 Å². The highest BCUT2D eigenvalue weighted by atomic mass is 32.1. The molecule has 118 valence electrons. The SMILES string of the molecule is CCCCCCCCCCNC(=S)NN1CCOCC1. The molecular weight excluding hydrogens is 270 g/mol. The van der Waals surface area contributed by atoms with Gasteiger partial charge in [-0.2, -0.15) is 0 Å². The zero-order valence-electron chi connectivity index (χ0n) is 13.0. The molecule has 0 radical (unpaired) electrons. The lowest BCUT2D eigenvalue weighted by Crippen LogP contribution is -2.51. The molecule has 0 aliphatic carbocycles. The first-order valence-electron chi connectivity index (χ1n) is 8.20. The molecule has 5 heteroatoms. The van der Waals surface area contributed by atoms with Crippen LogP contribution < -0.4 is 10.7 Å². The van der Waals surface area contributed by atoms with Crippen molar-refractivity contribution in [1.29, 1.82) is 0 Å². The number of hydrogen-bond acceptors (Lipinski definition) is 3. The minimum atomic E-state index is 0.745. The number of hydrogen-bond donors (Lipinski definition) is 2. The van der Waals surface area contributed by atoms with Gasteiger partial charge in [-0.25, -0.2) is 5.01 Å². The van der Waals surface area contributed by atoms with Crippen LogP contribution in [0.1, 0.15) is 58.3 Å². The summed E-state index contributed by atoms with van der Waals surface area (Å²) in [5.74, 6) is 0. The van der Waals surface area contributed by atoms with E-state index in [1.165, 1.54) is 51.4 Å². The van der Waals surface area contributed by atoms with Gasteiger partial charge in [-0.3, -0.25) is 5.43 Å². The normalized spacial score (nSPS) is 16.1. The lowest BCUT2D eigenvalue weighted by atomic mass is 10.1. The molecule has 0 amide bonds. The van der Waals surface area contributed by atoms with E-state index in [2.05, 4.69) is 22.7 Å². The molecule has 0 bridgehead atoms. The third-order valence-electron chi connectivity index (χ3n) is 3.59. The highest BCUT2D eigenvalue weighted by molar-refractivity contribution is 7.80. The molecule has 4 nitrogen and oxygen atoms in total. The van der Waals surface area contributed by atoms with Crippen LogP contribution in [0.2, 0.25) is 0 Å². The fourth-order valence-corrected chi connectivity index (χ4v) is 2.55. The van der Waals surface area contributed by atoms with Crippen LogP contribution in [0.15, 0.2) is 0 Å². The lowest BCUT2D eigenvalue weighted by Gasteiger charge is -2.28. The molecule has 0 aromatic rings. The Morgan fingerprint density at radius 1 is 1.00 bits per heavy atom. The van der Waals surface area contributed by atoms with Gasteiger partial charge in [0.1, 0.15) is 0 Å². The maximum Gasteiger partial charge on any atom is 0.181 e. The highest BCUT2D eigenvalue weighted by Gasteiger charge is 2.10. The van der Waals surface area contributed by atoms with E-state index in [1.54, 1.807) is 0 Å². The Labute approximate surface area is 129 Å². The Morgan fingerprint density at radius 3 is 2.25 bits per heavy atom. The second-order valence-electron chi connectivity index (χ2n) is 5.44. The van der Waals surface area contributed by atoms with Crippen molar-refractivity contribution >= 4 is 17.3 Å². The van der Waals surface area contributed by atoms with Crippen molar-refractivity contribution in [2.45, 2.75) is 58.3 Å². The van der Waals surface area contributed by atoms with Crippen molar-refractivity contribution in [3.8, 4) is 0 Å². The monoisotopic (exact) mass is 301 g/mol. The first-order chi connectivity index (χ1) is 9.83. The van der Waals surface area contributed by atoms with Gasteiger partial charge in [-0.15, -0.1) is 0 Å². The van der Waals surface area contributed by atoms with E-state index >= 15 is 0 Å². The van der Waals surface area contributed by atoms with Gasteiger partial charge in [-0.05, 0) is 18.6 Å². The van der Waals surface area contributed by atoms with Crippen LogP contribution in [0.5, 0.6) is 0 Å². The largest absolute Gasteiger partial charge is 0.379 e.